The minimum absolute atomic E-state index is 0.00838. The zero-order valence-corrected chi connectivity index (χ0v) is 14.4. The molecule has 0 bridgehead atoms. The molecule has 0 radical (unpaired) electrons. The van der Waals surface area contributed by atoms with Crippen molar-refractivity contribution in [3.05, 3.63) is 0 Å². The number of nitrogens with one attached hydrogen (secondary N) is 1. The van der Waals surface area contributed by atoms with Gasteiger partial charge in [-0.3, -0.25) is 10.1 Å². The summed E-state index contributed by atoms with van der Waals surface area (Å²) in [6, 6.07) is 0.355. The molecule has 1 saturated carbocycles. The fourth-order valence-corrected chi connectivity index (χ4v) is 3.94. The van der Waals surface area contributed by atoms with E-state index in [0.29, 0.717) is 23.8 Å². The van der Waals surface area contributed by atoms with E-state index in [0.717, 1.165) is 6.42 Å². The van der Waals surface area contributed by atoms with E-state index in [2.05, 4.69) is 65.6 Å². The van der Waals surface area contributed by atoms with E-state index in [1.54, 1.807) is 0 Å². The Morgan fingerprint density at radius 2 is 1.60 bits per heavy atom. The van der Waals surface area contributed by atoms with Gasteiger partial charge in [-0.15, -0.1) is 0 Å². The third kappa shape index (κ3) is 2.18. The number of amides is 1. The summed E-state index contributed by atoms with van der Waals surface area (Å²) in [6.45, 7) is 17.9. The minimum Gasteiger partial charge on any atom is -0.322 e. The van der Waals surface area contributed by atoms with Crippen LogP contribution in [0.5, 0.6) is 0 Å². The number of carbonyl (C=O) groups excluding carboxylic acids is 1. The van der Waals surface area contributed by atoms with E-state index in [4.69, 9.17) is 0 Å². The van der Waals surface area contributed by atoms with Crippen LogP contribution in [-0.2, 0) is 4.79 Å². The highest BCUT2D eigenvalue weighted by molar-refractivity contribution is 5.85. The number of hydrogen-bond acceptors (Lipinski definition) is 2. The summed E-state index contributed by atoms with van der Waals surface area (Å²) in [7, 11) is 0. The summed E-state index contributed by atoms with van der Waals surface area (Å²) in [5.74, 6) is 1.26. The molecular weight excluding hydrogens is 248 g/mol. The van der Waals surface area contributed by atoms with Gasteiger partial charge in [0.2, 0.25) is 5.91 Å². The summed E-state index contributed by atoms with van der Waals surface area (Å²) in [4.78, 5) is 15.0. The van der Waals surface area contributed by atoms with Crippen LogP contribution in [0.15, 0.2) is 0 Å². The van der Waals surface area contributed by atoms with Crippen molar-refractivity contribution >= 4 is 5.91 Å². The van der Waals surface area contributed by atoms with Gasteiger partial charge >= 0.3 is 0 Å². The van der Waals surface area contributed by atoms with Gasteiger partial charge in [-0.05, 0) is 29.1 Å². The van der Waals surface area contributed by atoms with Gasteiger partial charge in [0, 0.05) is 6.04 Å². The Balaban J connectivity index is 2.26. The topological polar surface area (TPSA) is 32.3 Å². The third-order valence-corrected chi connectivity index (χ3v) is 5.81. The molecule has 1 aliphatic heterocycles. The maximum atomic E-state index is 12.9. The van der Waals surface area contributed by atoms with Crippen LogP contribution in [0.2, 0.25) is 0 Å². The Kier molecular flexibility index (Phi) is 3.73. The first-order valence-corrected chi connectivity index (χ1v) is 8.10. The van der Waals surface area contributed by atoms with Crippen molar-refractivity contribution in [1.82, 2.24) is 10.2 Å². The van der Waals surface area contributed by atoms with Crippen LogP contribution in [0.4, 0.5) is 0 Å². The molecule has 2 fully saturated rings. The van der Waals surface area contributed by atoms with Gasteiger partial charge in [0.25, 0.3) is 0 Å². The maximum absolute atomic E-state index is 12.9. The summed E-state index contributed by atoms with van der Waals surface area (Å²) in [5, 5.41) is 3.59. The van der Waals surface area contributed by atoms with Crippen molar-refractivity contribution in [2.45, 2.75) is 80.1 Å². The molecule has 0 aromatic rings. The largest absolute Gasteiger partial charge is 0.322 e. The molecule has 20 heavy (non-hydrogen) atoms. The molecule has 3 nitrogen and oxygen atoms in total. The van der Waals surface area contributed by atoms with Gasteiger partial charge in [-0.2, -0.15) is 0 Å². The predicted molar refractivity (Wildman–Crippen MR) is 83.2 cm³/mol. The Labute approximate surface area is 124 Å². The molecule has 1 saturated heterocycles. The van der Waals surface area contributed by atoms with Crippen LogP contribution < -0.4 is 5.32 Å². The van der Waals surface area contributed by atoms with Gasteiger partial charge < -0.3 is 4.90 Å². The quantitative estimate of drug-likeness (QED) is 0.857. The van der Waals surface area contributed by atoms with Gasteiger partial charge in [0.15, 0.2) is 0 Å². The molecule has 0 aromatic carbocycles. The zero-order chi connectivity index (χ0) is 15.5. The lowest BCUT2D eigenvalue weighted by molar-refractivity contribution is -0.132. The second-order valence-electron chi connectivity index (χ2n) is 8.63. The van der Waals surface area contributed by atoms with Crippen LogP contribution >= 0.6 is 0 Å². The lowest BCUT2D eigenvalue weighted by atomic mass is 10.0. The molecule has 2 aliphatic rings. The van der Waals surface area contributed by atoms with Crippen molar-refractivity contribution < 1.29 is 4.79 Å². The highest BCUT2D eigenvalue weighted by Gasteiger charge is 2.70. The second kappa shape index (κ2) is 4.72. The molecule has 116 valence electrons. The molecule has 2 unspecified atom stereocenters. The number of nitrogens with zero attached hydrogens (tertiary/aromatic N) is 1. The highest BCUT2D eigenvalue weighted by Crippen LogP contribution is 2.66. The first-order chi connectivity index (χ1) is 9.01. The summed E-state index contributed by atoms with van der Waals surface area (Å²) < 4.78 is 0. The lowest BCUT2D eigenvalue weighted by Crippen LogP contribution is -2.42. The third-order valence-electron chi connectivity index (χ3n) is 5.81. The Hall–Kier alpha value is -0.570. The molecule has 0 aromatic heterocycles. The van der Waals surface area contributed by atoms with Gasteiger partial charge in [0.1, 0.15) is 0 Å². The van der Waals surface area contributed by atoms with E-state index in [1.807, 2.05) is 0 Å². The van der Waals surface area contributed by atoms with E-state index >= 15 is 0 Å². The average molecular weight is 280 g/mol. The summed E-state index contributed by atoms with van der Waals surface area (Å²) >= 11 is 0. The van der Waals surface area contributed by atoms with Gasteiger partial charge in [0.05, 0.1) is 12.2 Å². The standard InChI is InChI=1S/C17H32N2O/c1-10(2)9-12-18-13(11(3)4)14(20)19(12)15-16(5,6)17(15,7)8/h10-13,15,18H,9H2,1-8H3. The van der Waals surface area contributed by atoms with Gasteiger partial charge in [-0.25, -0.2) is 0 Å². The predicted octanol–water partition coefficient (Wildman–Crippen LogP) is 3.25. The van der Waals surface area contributed by atoms with Crippen molar-refractivity contribution in [1.29, 1.82) is 0 Å². The van der Waals surface area contributed by atoms with Crippen molar-refractivity contribution in [3.63, 3.8) is 0 Å². The van der Waals surface area contributed by atoms with Crippen LogP contribution in [-0.4, -0.2) is 29.1 Å². The van der Waals surface area contributed by atoms with Crippen LogP contribution in [0.3, 0.4) is 0 Å². The molecule has 3 heteroatoms. The molecule has 1 N–H and O–H groups in total. The van der Waals surface area contributed by atoms with Crippen LogP contribution in [0.25, 0.3) is 0 Å². The molecule has 0 spiro atoms. The fourth-order valence-electron chi connectivity index (χ4n) is 3.94. The fraction of sp³-hybridized carbons (Fsp3) is 0.941. The van der Waals surface area contributed by atoms with Crippen molar-refractivity contribution in [2.75, 3.05) is 0 Å². The summed E-state index contributed by atoms with van der Waals surface area (Å²) in [5.41, 5.74) is 0.427. The second-order valence-corrected chi connectivity index (χ2v) is 8.63. The molecule has 1 amide bonds. The smallest absolute Gasteiger partial charge is 0.241 e. The van der Waals surface area contributed by atoms with E-state index in [1.165, 1.54) is 0 Å². The van der Waals surface area contributed by atoms with E-state index in [9.17, 15) is 4.79 Å². The SMILES string of the molecule is CC(C)CC1NC(C(C)C)C(=O)N1C1C(C)(C)C1(C)C. The molecule has 2 atom stereocenters. The highest BCUT2D eigenvalue weighted by atomic mass is 16.2. The molecule has 1 aliphatic carbocycles. The number of rotatable bonds is 4. The van der Waals surface area contributed by atoms with Crippen LogP contribution in [0.1, 0.15) is 61.8 Å². The molecular formula is C17H32N2O. The zero-order valence-electron chi connectivity index (χ0n) is 14.4. The first-order valence-electron chi connectivity index (χ1n) is 8.10. The minimum atomic E-state index is -0.00838. The Morgan fingerprint density at radius 3 is 1.95 bits per heavy atom. The van der Waals surface area contributed by atoms with Crippen molar-refractivity contribution in [2.24, 2.45) is 22.7 Å². The number of carbonyl (C=O) groups is 1. The van der Waals surface area contributed by atoms with E-state index in [-0.39, 0.29) is 23.0 Å². The molecule has 2 rings (SSSR count). The monoisotopic (exact) mass is 280 g/mol. The average Bonchev–Trinajstić information content (AvgIpc) is 2.54. The van der Waals surface area contributed by atoms with Gasteiger partial charge in [-0.1, -0.05) is 55.4 Å². The first kappa shape index (κ1) is 15.8. The Morgan fingerprint density at radius 1 is 1.10 bits per heavy atom. The lowest BCUT2D eigenvalue weighted by Gasteiger charge is -2.28. The Bertz CT molecular complexity index is 384. The maximum Gasteiger partial charge on any atom is 0.241 e. The summed E-state index contributed by atoms with van der Waals surface area (Å²) in [6.07, 6.45) is 1.25. The number of hydrogen-bond donors (Lipinski definition) is 1. The van der Waals surface area contributed by atoms with Crippen LogP contribution in [0, 0.1) is 22.7 Å². The van der Waals surface area contributed by atoms with Crippen molar-refractivity contribution in [3.8, 4) is 0 Å². The normalized spacial score (nSPS) is 32.5. The molecule has 1 heterocycles. The van der Waals surface area contributed by atoms with E-state index < -0.39 is 0 Å².